The Kier molecular flexibility index (Phi) is 8.78. The van der Waals surface area contributed by atoms with Gasteiger partial charge < -0.3 is 20.0 Å². The molecular formula is C11H27N3O2. The van der Waals surface area contributed by atoms with Crippen LogP contribution in [0.4, 0.5) is 0 Å². The fraction of sp³-hybridized carbons (Fsp3) is 1.00. The molecule has 2 unspecified atom stereocenters. The van der Waals surface area contributed by atoms with Gasteiger partial charge >= 0.3 is 0 Å². The maximum absolute atomic E-state index is 8.45. The number of rotatable bonds is 3. The minimum Gasteiger partial charge on any atom is -0.379 e. The van der Waals surface area contributed by atoms with E-state index in [9.17, 15) is 0 Å². The normalized spacial score (nSPS) is 22.1. The summed E-state index contributed by atoms with van der Waals surface area (Å²) in [5.74, 6) is 0. The van der Waals surface area contributed by atoms with Crippen LogP contribution < -0.4 is 5.32 Å². The summed E-state index contributed by atoms with van der Waals surface area (Å²) >= 11 is 0. The molecule has 3 N–H and O–H groups in total. The Balaban J connectivity index is 0.000000293. The van der Waals surface area contributed by atoms with Crippen LogP contribution >= 0.6 is 0 Å². The van der Waals surface area contributed by atoms with Gasteiger partial charge in [-0.15, -0.1) is 0 Å². The molecule has 1 rings (SSSR count). The van der Waals surface area contributed by atoms with E-state index in [1.807, 2.05) is 0 Å². The first kappa shape index (κ1) is 15.8. The molecule has 0 aromatic rings. The second-order valence-electron chi connectivity index (χ2n) is 4.26. The number of aliphatic hydroxyl groups is 2. The van der Waals surface area contributed by atoms with Crippen molar-refractivity contribution < 1.29 is 10.2 Å². The van der Waals surface area contributed by atoms with Crippen LogP contribution in [0.1, 0.15) is 20.8 Å². The number of piperazine rings is 1. The van der Waals surface area contributed by atoms with E-state index in [-0.39, 0.29) is 0 Å². The minimum absolute atomic E-state index is 0.625. The zero-order valence-electron chi connectivity index (χ0n) is 11.0. The molecule has 0 saturated carbocycles. The Morgan fingerprint density at radius 2 is 1.50 bits per heavy atom. The highest BCUT2D eigenvalue weighted by Gasteiger charge is 2.10. The highest BCUT2D eigenvalue weighted by atomic mass is 16.3. The summed E-state index contributed by atoms with van der Waals surface area (Å²) in [4.78, 5) is 4.87. The summed E-state index contributed by atoms with van der Waals surface area (Å²) in [7, 11) is 2.19. The highest BCUT2D eigenvalue weighted by molar-refractivity contribution is 4.66. The maximum atomic E-state index is 8.45. The van der Waals surface area contributed by atoms with E-state index < -0.39 is 12.5 Å². The fourth-order valence-electron chi connectivity index (χ4n) is 1.51. The summed E-state index contributed by atoms with van der Waals surface area (Å²) < 4.78 is 0. The van der Waals surface area contributed by atoms with E-state index in [0.29, 0.717) is 0 Å². The maximum Gasteiger partial charge on any atom is 0.103 e. The first-order chi connectivity index (χ1) is 7.45. The Morgan fingerprint density at radius 1 is 1.06 bits per heavy atom. The third kappa shape index (κ3) is 9.06. The van der Waals surface area contributed by atoms with Crippen molar-refractivity contribution in [2.45, 2.75) is 33.2 Å². The number of aliphatic hydroxyl groups excluding tert-OH is 2. The molecule has 1 heterocycles. The van der Waals surface area contributed by atoms with Gasteiger partial charge in [0.25, 0.3) is 0 Å². The molecule has 5 heteroatoms. The zero-order chi connectivity index (χ0) is 12.6. The molecule has 1 fully saturated rings. The third-order valence-corrected chi connectivity index (χ3v) is 2.53. The van der Waals surface area contributed by atoms with E-state index in [1.165, 1.54) is 32.7 Å². The van der Waals surface area contributed by atoms with Gasteiger partial charge in [0.15, 0.2) is 0 Å². The van der Waals surface area contributed by atoms with E-state index >= 15 is 0 Å². The molecule has 16 heavy (non-hydrogen) atoms. The van der Waals surface area contributed by atoms with Crippen LogP contribution in [0.2, 0.25) is 0 Å². The minimum atomic E-state index is -0.625. The predicted molar refractivity (Wildman–Crippen MR) is 66.1 cm³/mol. The van der Waals surface area contributed by atoms with Gasteiger partial charge in [0.2, 0.25) is 0 Å². The van der Waals surface area contributed by atoms with Crippen molar-refractivity contribution in [2.75, 3.05) is 39.8 Å². The Bertz CT molecular complexity index is 151. The van der Waals surface area contributed by atoms with Crippen molar-refractivity contribution in [3.63, 3.8) is 0 Å². The quantitative estimate of drug-likeness (QED) is 0.574. The molecule has 2 atom stereocenters. The van der Waals surface area contributed by atoms with Crippen molar-refractivity contribution in [3.8, 4) is 0 Å². The van der Waals surface area contributed by atoms with Crippen LogP contribution in [0.3, 0.4) is 0 Å². The molecule has 5 nitrogen and oxygen atoms in total. The second kappa shape index (κ2) is 8.90. The molecule has 0 bridgehead atoms. The van der Waals surface area contributed by atoms with Gasteiger partial charge in [-0.1, -0.05) is 6.92 Å². The molecule has 1 aliphatic rings. The molecule has 1 saturated heterocycles. The van der Waals surface area contributed by atoms with Crippen molar-refractivity contribution in [3.05, 3.63) is 0 Å². The van der Waals surface area contributed by atoms with Gasteiger partial charge in [0, 0.05) is 26.2 Å². The molecule has 0 amide bonds. The van der Waals surface area contributed by atoms with E-state index in [1.54, 1.807) is 13.8 Å². The average Bonchev–Trinajstić information content (AvgIpc) is 2.17. The van der Waals surface area contributed by atoms with Crippen LogP contribution in [-0.4, -0.2) is 72.2 Å². The molecule has 98 valence electrons. The third-order valence-electron chi connectivity index (χ3n) is 2.53. The predicted octanol–water partition coefficient (Wildman–Crippen LogP) is -0.494. The lowest BCUT2D eigenvalue weighted by atomic mass is 10.3. The van der Waals surface area contributed by atoms with Gasteiger partial charge in [-0.25, -0.2) is 0 Å². The standard InChI is InChI=1S/C7H16N2.C4H11NO2/c1-3-9-6-4-8(2)5-7-9;1-3(6)5-4(2)7/h3-7H2,1-2H3;3-7H,1-2H3. The van der Waals surface area contributed by atoms with Crippen LogP contribution in [0.5, 0.6) is 0 Å². The van der Waals surface area contributed by atoms with Gasteiger partial charge in [0.1, 0.15) is 12.5 Å². The van der Waals surface area contributed by atoms with Crippen LogP contribution in [0, 0.1) is 0 Å². The Morgan fingerprint density at radius 3 is 1.75 bits per heavy atom. The smallest absolute Gasteiger partial charge is 0.103 e. The van der Waals surface area contributed by atoms with Crippen molar-refractivity contribution in [1.82, 2.24) is 15.1 Å². The topological polar surface area (TPSA) is 59.0 Å². The van der Waals surface area contributed by atoms with E-state index in [2.05, 4.69) is 29.1 Å². The number of nitrogens with one attached hydrogen (secondary N) is 1. The van der Waals surface area contributed by atoms with Crippen LogP contribution in [-0.2, 0) is 0 Å². The monoisotopic (exact) mass is 233 g/mol. The molecule has 0 aromatic heterocycles. The second-order valence-corrected chi connectivity index (χ2v) is 4.26. The van der Waals surface area contributed by atoms with Crippen molar-refractivity contribution >= 4 is 0 Å². The molecule has 0 aromatic carbocycles. The van der Waals surface area contributed by atoms with Crippen LogP contribution in [0.15, 0.2) is 0 Å². The van der Waals surface area contributed by atoms with Gasteiger partial charge in [0.05, 0.1) is 0 Å². The molecule has 0 radical (unpaired) electrons. The van der Waals surface area contributed by atoms with E-state index in [4.69, 9.17) is 10.2 Å². The number of hydrogen-bond donors (Lipinski definition) is 3. The summed E-state index contributed by atoms with van der Waals surface area (Å²) in [6.45, 7) is 11.5. The lowest BCUT2D eigenvalue weighted by Crippen LogP contribution is -2.44. The van der Waals surface area contributed by atoms with Crippen LogP contribution in [0.25, 0.3) is 0 Å². The largest absolute Gasteiger partial charge is 0.379 e. The Labute approximate surface area is 99.0 Å². The van der Waals surface area contributed by atoms with Gasteiger partial charge in [-0.05, 0) is 27.4 Å². The molecule has 0 spiro atoms. The van der Waals surface area contributed by atoms with Crippen molar-refractivity contribution in [2.24, 2.45) is 0 Å². The fourth-order valence-corrected chi connectivity index (χ4v) is 1.51. The summed E-state index contributed by atoms with van der Waals surface area (Å²) in [5.41, 5.74) is 0. The van der Waals surface area contributed by atoms with Crippen molar-refractivity contribution in [1.29, 1.82) is 0 Å². The van der Waals surface area contributed by atoms with E-state index in [0.717, 1.165) is 0 Å². The summed E-state index contributed by atoms with van der Waals surface area (Å²) in [5, 5.41) is 19.3. The first-order valence-electron chi connectivity index (χ1n) is 5.98. The van der Waals surface area contributed by atoms with Gasteiger partial charge in [-0.2, -0.15) is 0 Å². The first-order valence-corrected chi connectivity index (χ1v) is 5.98. The molecule has 0 aliphatic carbocycles. The highest BCUT2D eigenvalue weighted by Crippen LogP contribution is 1.96. The number of likely N-dealkylation sites (N-methyl/N-ethyl adjacent to an activating group) is 2. The Hall–Kier alpha value is -0.200. The molecular weight excluding hydrogens is 206 g/mol. The summed E-state index contributed by atoms with van der Waals surface area (Å²) in [6.07, 6.45) is -1.25. The summed E-state index contributed by atoms with van der Waals surface area (Å²) in [6, 6.07) is 0. The average molecular weight is 233 g/mol. The number of hydrogen-bond acceptors (Lipinski definition) is 5. The lowest BCUT2D eigenvalue weighted by molar-refractivity contribution is 0.0632. The number of nitrogens with zero attached hydrogens (tertiary/aromatic N) is 2. The molecule has 1 aliphatic heterocycles. The SMILES string of the molecule is CC(O)NC(C)O.CCN1CCN(C)CC1. The van der Waals surface area contributed by atoms with Gasteiger partial charge in [-0.3, -0.25) is 5.32 Å². The zero-order valence-corrected chi connectivity index (χ0v) is 11.0. The lowest BCUT2D eigenvalue weighted by Gasteiger charge is -2.31.